The minimum atomic E-state index is 0.634. The third-order valence-corrected chi connectivity index (χ3v) is 2.21. The van der Waals surface area contributed by atoms with Crippen LogP contribution in [0.2, 0.25) is 0 Å². The van der Waals surface area contributed by atoms with Crippen LogP contribution < -0.4 is 0 Å². The van der Waals surface area contributed by atoms with Crippen molar-refractivity contribution in [2.45, 2.75) is 13.3 Å². The first-order valence-corrected chi connectivity index (χ1v) is 4.40. The number of aryl methyl sites for hydroxylation is 1. The first-order valence-electron chi connectivity index (χ1n) is 3.61. The van der Waals surface area contributed by atoms with E-state index in [4.69, 9.17) is 5.53 Å². The summed E-state index contributed by atoms with van der Waals surface area (Å²) in [5.74, 6) is 0. The van der Waals surface area contributed by atoms with Crippen molar-refractivity contribution in [2.75, 3.05) is 0 Å². The molecule has 0 spiro atoms. The van der Waals surface area contributed by atoms with Crippen molar-refractivity contribution in [3.05, 3.63) is 38.7 Å². The van der Waals surface area contributed by atoms with Gasteiger partial charge in [0.25, 0.3) is 0 Å². The van der Waals surface area contributed by atoms with Crippen LogP contribution in [0, 0.1) is 0 Å². The lowest BCUT2D eigenvalue weighted by atomic mass is 10.2. The fourth-order valence-electron chi connectivity index (χ4n) is 0.900. The standard InChI is InChI=1S/C8H8BrN3/c1-2-6-3-4-8(11-12-10)7(9)5-6/h3-5H,2H2,1H3. The summed E-state index contributed by atoms with van der Waals surface area (Å²) in [6.45, 7) is 2.08. The molecule has 1 aromatic carbocycles. The molecule has 3 nitrogen and oxygen atoms in total. The van der Waals surface area contributed by atoms with Crippen molar-refractivity contribution in [1.29, 1.82) is 0 Å². The summed E-state index contributed by atoms with van der Waals surface area (Å²) in [5.41, 5.74) is 10.1. The molecular formula is C8H8BrN3. The highest BCUT2D eigenvalue weighted by atomic mass is 79.9. The smallest absolute Gasteiger partial charge is 0.0517 e. The van der Waals surface area contributed by atoms with Crippen LogP contribution in [-0.2, 0) is 6.42 Å². The summed E-state index contributed by atoms with van der Waals surface area (Å²) in [7, 11) is 0. The first-order chi connectivity index (χ1) is 5.77. The minimum absolute atomic E-state index is 0.634. The zero-order valence-electron chi connectivity index (χ0n) is 6.66. The number of azide groups is 1. The molecule has 4 heteroatoms. The summed E-state index contributed by atoms with van der Waals surface area (Å²) >= 11 is 3.32. The monoisotopic (exact) mass is 225 g/mol. The molecule has 1 aromatic rings. The SMILES string of the molecule is CCc1ccc(N=[N+]=[N-])c(Br)c1. The lowest BCUT2D eigenvalue weighted by molar-refractivity contribution is 1.14. The average Bonchev–Trinajstić information content (AvgIpc) is 2.09. The summed E-state index contributed by atoms with van der Waals surface area (Å²) in [5, 5.41) is 3.52. The lowest BCUT2D eigenvalue weighted by Gasteiger charge is -1.99. The molecule has 0 amide bonds. The molecule has 0 radical (unpaired) electrons. The predicted molar refractivity (Wildman–Crippen MR) is 52.3 cm³/mol. The largest absolute Gasteiger partial charge is 0.0613 e. The molecule has 0 N–H and O–H groups in total. The van der Waals surface area contributed by atoms with E-state index in [1.165, 1.54) is 5.56 Å². The number of hydrogen-bond acceptors (Lipinski definition) is 1. The number of hydrogen-bond donors (Lipinski definition) is 0. The van der Waals surface area contributed by atoms with E-state index in [1.807, 2.05) is 18.2 Å². The van der Waals surface area contributed by atoms with Gasteiger partial charge >= 0.3 is 0 Å². The van der Waals surface area contributed by atoms with E-state index >= 15 is 0 Å². The number of halogens is 1. The summed E-state index contributed by atoms with van der Waals surface area (Å²) in [4.78, 5) is 2.72. The Labute approximate surface area is 79.2 Å². The highest BCUT2D eigenvalue weighted by molar-refractivity contribution is 9.10. The summed E-state index contributed by atoms with van der Waals surface area (Å²) < 4.78 is 0.847. The molecule has 62 valence electrons. The van der Waals surface area contributed by atoms with Crippen LogP contribution in [0.3, 0.4) is 0 Å². The van der Waals surface area contributed by atoms with Gasteiger partial charge in [0.2, 0.25) is 0 Å². The number of nitrogens with zero attached hydrogens (tertiary/aromatic N) is 3. The quantitative estimate of drug-likeness (QED) is 0.416. The van der Waals surface area contributed by atoms with Crippen LogP contribution in [0.4, 0.5) is 5.69 Å². The Kier molecular flexibility index (Phi) is 3.14. The molecule has 1 rings (SSSR count). The third kappa shape index (κ3) is 2.00. The Morgan fingerprint density at radius 3 is 2.83 bits per heavy atom. The van der Waals surface area contributed by atoms with Gasteiger partial charge in [0.1, 0.15) is 0 Å². The highest BCUT2D eigenvalue weighted by Crippen LogP contribution is 2.26. The Balaban J connectivity index is 3.11. The predicted octanol–water partition coefficient (Wildman–Crippen LogP) is 3.95. The van der Waals surface area contributed by atoms with Crippen LogP contribution in [0.25, 0.3) is 10.4 Å². The van der Waals surface area contributed by atoms with Crippen molar-refractivity contribution < 1.29 is 0 Å². The molecule has 0 aromatic heterocycles. The second-order valence-electron chi connectivity index (χ2n) is 2.33. The van der Waals surface area contributed by atoms with Gasteiger partial charge in [-0.15, -0.1) is 0 Å². The molecule has 0 saturated heterocycles. The first kappa shape index (κ1) is 9.10. The topological polar surface area (TPSA) is 48.8 Å². The second-order valence-corrected chi connectivity index (χ2v) is 3.18. The normalized spacial score (nSPS) is 9.17. The van der Waals surface area contributed by atoms with E-state index in [0.717, 1.165) is 10.9 Å². The molecule has 0 fully saturated rings. The van der Waals surface area contributed by atoms with Gasteiger partial charge in [-0.25, -0.2) is 0 Å². The molecule has 12 heavy (non-hydrogen) atoms. The summed E-state index contributed by atoms with van der Waals surface area (Å²) in [6, 6.07) is 5.72. The van der Waals surface area contributed by atoms with E-state index < -0.39 is 0 Å². The zero-order chi connectivity index (χ0) is 8.97. The minimum Gasteiger partial charge on any atom is -0.0613 e. The average molecular weight is 226 g/mol. The molecule has 0 saturated carbocycles. The van der Waals surface area contributed by atoms with Crippen molar-refractivity contribution >= 4 is 21.6 Å². The Hall–Kier alpha value is -0.990. The maximum Gasteiger partial charge on any atom is 0.0517 e. The van der Waals surface area contributed by atoms with Gasteiger partial charge in [0, 0.05) is 9.38 Å². The van der Waals surface area contributed by atoms with Crippen LogP contribution in [0.5, 0.6) is 0 Å². The number of rotatable bonds is 2. The molecule has 0 bridgehead atoms. The zero-order valence-corrected chi connectivity index (χ0v) is 8.24. The maximum atomic E-state index is 8.21. The van der Waals surface area contributed by atoms with Gasteiger partial charge in [0.15, 0.2) is 0 Å². The van der Waals surface area contributed by atoms with Crippen LogP contribution >= 0.6 is 15.9 Å². The van der Waals surface area contributed by atoms with E-state index in [0.29, 0.717) is 5.69 Å². The number of benzene rings is 1. The van der Waals surface area contributed by atoms with Crippen LogP contribution in [0.15, 0.2) is 27.8 Å². The molecule has 0 unspecified atom stereocenters. The second kappa shape index (κ2) is 4.14. The Morgan fingerprint density at radius 1 is 1.58 bits per heavy atom. The van der Waals surface area contributed by atoms with E-state index in [-0.39, 0.29) is 0 Å². The molecule has 0 heterocycles. The van der Waals surface area contributed by atoms with Gasteiger partial charge in [-0.3, -0.25) is 0 Å². The van der Waals surface area contributed by atoms with Crippen molar-refractivity contribution in [2.24, 2.45) is 5.11 Å². The van der Waals surface area contributed by atoms with Crippen molar-refractivity contribution in [1.82, 2.24) is 0 Å². The van der Waals surface area contributed by atoms with Crippen LogP contribution in [-0.4, -0.2) is 0 Å². The molecule has 0 atom stereocenters. The van der Waals surface area contributed by atoms with E-state index in [2.05, 4.69) is 32.9 Å². The van der Waals surface area contributed by atoms with Gasteiger partial charge in [0.05, 0.1) is 5.69 Å². The van der Waals surface area contributed by atoms with E-state index in [1.54, 1.807) is 0 Å². The lowest BCUT2D eigenvalue weighted by Crippen LogP contribution is -1.78. The summed E-state index contributed by atoms with van der Waals surface area (Å²) in [6.07, 6.45) is 0.981. The molecular weight excluding hydrogens is 218 g/mol. The molecule has 0 aliphatic carbocycles. The Morgan fingerprint density at radius 2 is 2.33 bits per heavy atom. The van der Waals surface area contributed by atoms with Gasteiger partial charge < -0.3 is 0 Å². The third-order valence-electron chi connectivity index (χ3n) is 1.57. The van der Waals surface area contributed by atoms with E-state index in [9.17, 15) is 0 Å². The fraction of sp³-hybridized carbons (Fsp3) is 0.250. The van der Waals surface area contributed by atoms with Gasteiger partial charge in [-0.2, -0.15) is 0 Å². The molecule has 0 aliphatic heterocycles. The van der Waals surface area contributed by atoms with Gasteiger partial charge in [-0.1, -0.05) is 40.1 Å². The van der Waals surface area contributed by atoms with Crippen molar-refractivity contribution in [3.63, 3.8) is 0 Å². The maximum absolute atomic E-state index is 8.21. The fourth-order valence-corrected chi connectivity index (χ4v) is 1.41. The van der Waals surface area contributed by atoms with Crippen molar-refractivity contribution in [3.8, 4) is 0 Å². The van der Waals surface area contributed by atoms with Gasteiger partial charge in [-0.05, 0) is 23.6 Å². The van der Waals surface area contributed by atoms with Crippen LogP contribution in [0.1, 0.15) is 12.5 Å². The molecule has 0 aliphatic rings. The Bertz CT molecular complexity index is 329. The highest BCUT2D eigenvalue weighted by Gasteiger charge is 1.97.